The van der Waals surface area contributed by atoms with Crippen molar-refractivity contribution in [3.8, 4) is 11.5 Å². The highest BCUT2D eigenvalue weighted by Gasteiger charge is 2.20. The minimum absolute atomic E-state index is 0.626. The molecule has 0 radical (unpaired) electrons. The van der Waals surface area contributed by atoms with Gasteiger partial charge >= 0.3 is 0 Å². The highest BCUT2D eigenvalue weighted by atomic mass is 16.5. The Morgan fingerprint density at radius 2 is 1.92 bits per heavy atom. The molecule has 0 spiro atoms. The van der Waals surface area contributed by atoms with E-state index in [1.807, 2.05) is 49.4 Å². The number of nitrogens with zero attached hydrogens (tertiary/aromatic N) is 3. The molecule has 1 N–H and O–H groups in total. The standard InChI is InChI=1S/C21H24N4O/c1-16-23-24-21-11-10-18(15-25(16)21)14-22-13-17-6-5-9-20(12-17)26-19-7-3-2-4-8-19/h2-9,12,18,22H,10-11,13-15H2,1H3/t18-/m0/s1. The fourth-order valence-electron chi connectivity index (χ4n) is 3.46. The van der Waals surface area contributed by atoms with Crippen LogP contribution in [0.5, 0.6) is 11.5 Å². The van der Waals surface area contributed by atoms with E-state index < -0.39 is 0 Å². The molecular formula is C21H24N4O. The van der Waals surface area contributed by atoms with E-state index in [-0.39, 0.29) is 0 Å². The van der Waals surface area contributed by atoms with Crippen LogP contribution in [0.25, 0.3) is 0 Å². The van der Waals surface area contributed by atoms with Crippen LogP contribution in [0.15, 0.2) is 54.6 Å². The van der Waals surface area contributed by atoms with E-state index in [0.717, 1.165) is 49.2 Å². The van der Waals surface area contributed by atoms with E-state index >= 15 is 0 Å². The summed E-state index contributed by atoms with van der Waals surface area (Å²) in [6, 6.07) is 18.2. The number of ether oxygens (including phenoxy) is 1. The molecule has 4 rings (SSSR count). The van der Waals surface area contributed by atoms with Gasteiger partial charge in [-0.25, -0.2) is 0 Å². The first-order chi connectivity index (χ1) is 12.8. The number of nitrogens with one attached hydrogen (secondary N) is 1. The van der Waals surface area contributed by atoms with Crippen LogP contribution in [0.2, 0.25) is 0 Å². The molecule has 3 aromatic rings. The summed E-state index contributed by atoms with van der Waals surface area (Å²) in [5.41, 5.74) is 1.23. The van der Waals surface area contributed by atoms with Crippen molar-refractivity contribution in [2.75, 3.05) is 6.54 Å². The van der Waals surface area contributed by atoms with Crippen LogP contribution in [-0.4, -0.2) is 21.3 Å². The number of fused-ring (bicyclic) bond motifs is 1. The number of rotatable bonds is 6. The molecule has 0 saturated carbocycles. The Morgan fingerprint density at radius 1 is 1.08 bits per heavy atom. The number of para-hydroxylation sites is 1. The van der Waals surface area contributed by atoms with E-state index in [9.17, 15) is 0 Å². The first-order valence-electron chi connectivity index (χ1n) is 9.19. The van der Waals surface area contributed by atoms with Crippen LogP contribution < -0.4 is 10.1 Å². The Balaban J connectivity index is 1.30. The molecule has 0 bridgehead atoms. The van der Waals surface area contributed by atoms with Crippen LogP contribution in [0.3, 0.4) is 0 Å². The molecule has 2 heterocycles. The van der Waals surface area contributed by atoms with Crippen molar-refractivity contribution in [1.29, 1.82) is 0 Å². The largest absolute Gasteiger partial charge is 0.457 e. The molecule has 5 nitrogen and oxygen atoms in total. The molecular weight excluding hydrogens is 324 g/mol. The second-order valence-corrected chi connectivity index (χ2v) is 6.87. The quantitative estimate of drug-likeness (QED) is 0.737. The predicted octanol–water partition coefficient (Wildman–Crippen LogP) is 3.73. The zero-order chi connectivity index (χ0) is 17.8. The maximum atomic E-state index is 5.91. The molecule has 134 valence electrons. The number of hydrogen-bond acceptors (Lipinski definition) is 4. The van der Waals surface area contributed by atoms with Crippen molar-refractivity contribution < 1.29 is 4.74 Å². The van der Waals surface area contributed by atoms with Gasteiger partial charge in [-0.1, -0.05) is 30.3 Å². The summed E-state index contributed by atoms with van der Waals surface area (Å²) < 4.78 is 8.17. The summed E-state index contributed by atoms with van der Waals surface area (Å²) in [4.78, 5) is 0. The van der Waals surface area contributed by atoms with E-state index in [2.05, 4.69) is 32.2 Å². The monoisotopic (exact) mass is 348 g/mol. The highest BCUT2D eigenvalue weighted by Crippen LogP contribution is 2.22. The van der Waals surface area contributed by atoms with E-state index in [4.69, 9.17) is 4.74 Å². The topological polar surface area (TPSA) is 52.0 Å². The van der Waals surface area contributed by atoms with Crippen molar-refractivity contribution in [1.82, 2.24) is 20.1 Å². The number of aryl methyl sites for hydroxylation is 2. The van der Waals surface area contributed by atoms with Crippen LogP contribution in [0, 0.1) is 12.8 Å². The Kier molecular flexibility index (Phi) is 4.97. The smallest absolute Gasteiger partial charge is 0.133 e. The number of aromatic nitrogens is 3. The average Bonchev–Trinajstić information content (AvgIpc) is 3.04. The lowest BCUT2D eigenvalue weighted by Crippen LogP contribution is -2.30. The summed E-state index contributed by atoms with van der Waals surface area (Å²) >= 11 is 0. The predicted molar refractivity (Wildman–Crippen MR) is 101 cm³/mol. The molecule has 0 aliphatic carbocycles. The summed E-state index contributed by atoms with van der Waals surface area (Å²) in [7, 11) is 0. The third kappa shape index (κ3) is 3.94. The van der Waals surface area contributed by atoms with Gasteiger partial charge in [-0.2, -0.15) is 0 Å². The zero-order valence-electron chi connectivity index (χ0n) is 15.1. The van der Waals surface area contributed by atoms with Gasteiger partial charge in [0.1, 0.15) is 23.1 Å². The molecule has 0 saturated heterocycles. The summed E-state index contributed by atoms with van der Waals surface area (Å²) in [5.74, 6) is 4.51. The Labute approximate surface area is 154 Å². The van der Waals surface area contributed by atoms with Crippen molar-refractivity contribution in [3.63, 3.8) is 0 Å². The minimum atomic E-state index is 0.626. The van der Waals surface area contributed by atoms with E-state index in [0.29, 0.717) is 5.92 Å². The van der Waals surface area contributed by atoms with Gasteiger partial charge in [0.15, 0.2) is 0 Å². The molecule has 5 heteroatoms. The van der Waals surface area contributed by atoms with Gasteiger partial charge in [0.2, 0.25) is 0 Å². The van der Waals surface area contributed by atoms with Gasteiger partial charge in [-0.15, -0.1) is 10.2 Å². The van der Waals surface area contributed by atoms with Crippen LogP contribution >= 0.6 is 0 Å². The minimum Gasteiger partial charge on any atom is -0.457 e. The van der Waals surface area contributed by atoms with Gasteiger partial charge in [0, 0.05) is 19.5 Å². The van der Waals surface area contributed by atoms with Crippen molar-refractivity contribution >= 4 is 0 Å². The Bertz CT molecular complexity index is 859. The molecule has 2 aromatic carbocycles. The lowest BCUT2D eigenvalue weighted by Gasteiger charge is -2.24. The van der Waals surface area contributed by atoms with Crippen molar-refractivity contribution in [3.05, 3.63) is 71.8 Å². The molecule has 0 amide bonds. The molecule has 1 aliphatic rings. The normalized spacial score (nSPS) is 16.3. The average molecular weight is 348 g/mol. The van der Waals surface area contributed by atoms with Gasteiger partial charge in [-0.3, -0.25) is 0 Å². The summed E-state index contributed by atoms with van der Waals surface area (Å²) in [5, 5.41) is 12.0. The fraction of sp³-hybridized carbons (Fsp3) is 0.333. The fourth-order valence-corrected chi connectivity index (χ4v) is 3.46. The third-order valence-electron chi connectivity index (χ3n) is 4.87. The van der Waals surface area contributed by atoms with Gasteiger partial charge in [0.05, 0.1) is 0 Å². The molecule has 0 fully saturated rings. The van der Waals surface area contributed by atoms with E-state index in [1.54, 1.807) is 0 Å². The number of benzene rings is 2. The molecule has 1 aliphatic heterocycles. The second-order valence-electron chi connectivity index (χ2n) is 6.87. The highest BCUT2D eigenvalue weighted by molar-refractivity contribution is 5.33. The summed E-state index contributed by atoms with van der Waals surface area (Å²) in [6.07, 6.45) is 2.19. The van der Waals surface area contributed by atoms with Gasteiger partial charge in [-0.05, 0) is 55.6 Å². The maximum absolute atomic E-state index is 5.91. The van der Waals surface area contributed by atoms with Gasteiger partial charge in [0.25, 0.3) is 0 Å². The van der Waals surface area contributed by atoms with Crippen LogP contribution in [0.1, 0.15) is 23.6 Å². The first kappa shape index (κ1) is 16.8. The first-order valence-corrected chi connectivity index (χ1v) is 9.19. The number of hydrogen-bond donors (Lipinski definition) is 1. The summed E-state index contributed by atoms with van der Waals surface area (Å²) in [6.45, 7) is 4.89. The van der Waals surface area contributed by atoms with Gasteiger partial charge < -0.3 is 14.6 Å². The Morgan fingerprint density at radius 3 is 2.81 bits per heavy atom. The third-order valence-corrected chi connectivity index (χ3v) is 4.87. The maximum Gasteiger partial charge on any atom is 0.133 e. The van der Waals surface area contributed by atoms with Crippen molar-refractivity contribution in [2.24, 2.45) is 5.92 Å². The molecule has 26 heavy (non-hydrogen) atoms. The van der Waals surface area contributed by atoms with Crippen LogP contribution in [0.4, 0.5) is 0 Å². The Hall–Kier alpha value is -2.66. The van der Waals surface area contributed by atoms with Crippen molar-refractivity contribution in [2.45, 2.75) is 32.9 Å². The lowest BCUT2D eigenvalue weighted by atomic mass is 9.99. The molecule has 1 atom stereocenters. The van der Waals surface area contributed by atoms with Crippen LogP contribution in [-0.2, 0) is 19.5 Å². The lowest BCUT2D eigenvalue weighted by molar-refractivity contribution is 0.344. The zero-order valence-corrected chi connectivity index (χ0v) is 15.1. The molecule has 1 aromatic heterocycles. The molecule has 0 unspecified atom stereocenters. The SMILES string of the molecule is Cc1nnc2n1C[C@H](CNCc1cccc(Oc3ccccc3)c1)CC2. The second kappa shape index (κ2) is 7.70. The van der Waals surface area contributed by atoms with E-state index in [1.165, 1.54) is 12.0 Å².